The summed E-state index contributed by atoms with van der Waals surface area (Å²) in [6.45, 7) is 7.23. The molecule has 0 aromatic carbocycles. The van der Waals surface area contributed by atoms with Gasteiger partial charge in [-0.1, -0.05) is 13.8 Å². The summed E-state index contributed by atoms with van der Waals surface area (Å²) >= 11 is 0. The van der Waals surface area contributed by atoms with Gasteiger partial charge in [0.1, 0.15) is 6.33 Å². The molecule has 0 amide bonds. The zero-order valence-electron chi connectivity index (χ0n) is 12.3. The van der Waals surface area contributed by atoms with Gasteiger partial charge in [0.2, 0.25) is 11.6 Å². The van der Waals surface area contributed by atoms with Crippen molar-refractivity contribution in [3.05, 3.63) is 16.4 Å². The summed E-state index contributed by atoms with van der Waals surface area (Å²) in [4.78, 5) is 21.1. The molecule has 0 aliphatic carbocycles. The number of aromatic nitrogens is 2. The molecule has 0 saturated carbocycles. The van der Waals surface area contributed by atoms with Gasteiger partial charge in [-0.15, -0.1) is 0 Å². The van der Waals surface area contributed by atoms with Crippen LogP contribution in [0.2, 0.25) is 0 Å². The Kier molecular flexibility index (Phi) is 4.06. The summed E-state index contributed by atoms with van der Waals surface area (Å²) in [7, 11) is 1.63. The van der Waals surface area contributed by atoms with Crippen LogP contribution in [-0.2, 0) is 0 Å². The Morgan fingerprint density at radius 2 is 2.10 bits per heavy atom. The number of nitrogens with zero attached hydrogens (tertiary/aromatic N) is 4. The van der Waals surface area contributed by atoms with Crippen LogP contribution in [0, 0.1) is 22.0 Å². The predicted octanol–water partition coefficient (Wildman–Crippen LogP) is 2.30. The Hall–Kier alpha value is -1.92. The molecular formula is C13H21N5O2. The van der Waals surface area contributed by atoms with Gasteiger partial charge in [-0.05, 0) is 25.2 Å². The number of rotatable bonds is 3. The van der Waals surface area contributed by atoms with Crippen LogP contribution in [0.25, 0.3) is 0 Å². The van der Waals surface area contributed by atoms with Gasteiger partial charge in [-0.2, -0.15) is 0 Å². The van der Waals surface area contributed by atoms with E-state index >= 15 is 0 Å². The Morgan fingerprint density at radius 1 is 1.40 bits per heavy atom. The van der Waals surface area contributed by atoms with Crippen molar-refractivity contribution in [3.63, 3.8) is 0 Å². The second-order valence-electron chi connectivity index (χ2n) is 5.61. The second kappa shape index (κ2) is 5.60. The summed E-state index contributed by atoms with van der Waals surface area (Å²) in [5.41, 5.74) is -0.0387. The molecule has 2 rings (SSSR count). The van der Waals surface area contributed by atoms with Gasteiger partial charge in [-0.25, -0.2) is 9.97 Å². The van der Waals surface area contributed by atoms with Gasteiger partial charge in [0.05, 0.1) is 4.92 Å². The third-order valence-electron chi connectivity index (χ3n) is 4.09. The Balaban J connectivity index is 2.48. The molecule has 3 atom stereocenters. The third kappa shape index (κ3) is 2.52. The molecule has 3 unspecified atom stereocenters. The number of hydrogen-bond acceptors (Lipinski definition) is 6. The monoisotopic (exact) mass is 279 g/mol. The number of hydrogen-bond donors (Lipinski definition) is 1. The highest BCUT2D eigenvalue weighted by molar-refractivity contribution is 5.70. The largest absolute Gasteiger partial charge is 0.367 e. The molecule has 1 N–H and O–H groups in total. The SMILES string of the molecule is CNc1ncnc(N2CC(C)CC(C)C2C)c1[N+](=O)[O-]. The molecule has 1 aromatic rings. The minimum Gasteiger partial charge on any atom is -0.367 e. The van der Waals surface area contributed by atoms with Crippen LogP contribution in [0.1, 0.15) is 27.2 Å². The first-order chi connectivity index (χ1) is 9.45. The summed E-state index contributed by atoms with van der Waals surface area (Å²) in [5, 5.41) is 14.1. The molecule has 2 heterocycles. The van der Waals surface area contributed by atoms with Crippen LogP contribution in [0.5, 0.6) is 0 Å². The van der Waals surface area contributed by atoms with E-state index in [1.165, 1.54) is 6.33 Å². The lowest BCUT2D eigenvalue weighted by atomic mass is 9.86. The van der Waals surface area contributed by atoms with Crippen molar-refractivity contribution in [2.24, 2.45) is 11.8 Å². The third-order valence-corrected chi connectivity index (χ3v) is 4.09. The first-order valence-corrected chi connectivity index (χ1v) is 6.89. The average Bonchev–Trinajstić information content (AvgIpc) is 2.41. The highest BCUT2D eigenvalue weighted by atomic mass is 16.6. The molecule has 110 valence electrons. The fourth-order valence-electron chi connectivity index (χ4n) is 2.93. The molecule has 7 nitrogen and oxygen atoms in total. The van der Waals surface area contributed by atoms with Crippen LogP contribution in [0.15, 0.2) is 6.33 Å². The highest BCUT2D eigenvalue weighted by Gasteiger charge is 2.35. The molecule has 1 saturated heterocycles. The van der Waals surface area contributed by atoms with E-state index in [4.69, 9.17) is 0 Å². The summed E-state index contributed by atoms with van der Waals surface area (Å²) in [5.74, 6) is 1.65. The number of anilines is 2. The quantitative estimate of drug-likeness (QED) is 0.675. The number of nitro groups is 1. The number of nitrogens with one attached hydrogen (secondary N) is 1. The lowest BCUT2D eigenvalue weighted by Crippen LogP contribution is -2.46. The van der Waals surface area contributed by atoms with Gasteiger partial charge < -0.3 is 10.2 Å². The summed E-state index contributed by atoms with van der Waals surface area (Å²) in [6.07, 6.45) is 2.51. The first kappa shape index (κ1) is 14.5. The Labute approximate surface area is 118 Å². The van der Waals surface area contributed by atoms with E-state index in [1.807, 2.05) is 4.90 Å². The highest BCUT2D eigenvalue weighted by Crippen LogP contribution is 2.37. The van der Waals surface area contributed by atoms with Crippen molar-refractivity contribution >= 4 is 17.3 Å². The molecule has 0 bridgehead atoms. The molecule has 7 heteroatoms. The smallest absolute Gasteiger partial charge is 0.353 e. The van der Waals surface area contributed by atoms with Gasteiger partial charge in [-0.3, -0.25) is 10.1 Å². The molecule has 1 aromatic heterocycles. The minimum atomic E-state index is -0.405. The molecule has 0 spiro atoms. The maximum absolute atomic E-state index is 11.4. The lowest BCUT2D eigenvalue weighted by molar-refractivity contribution is -0.383. The van der Waals surface area contributed by atoms with Crippen LogP contribution in [0.3, 0.4) is 0 Å². The van der Waals surface area contributed by atoms with E-state index in [0.29, 0.717) is 17.7 Å². The van der Waals surface area contributed by atoms with Crippen molar-refractivity contribution in [2.75, 3.05) is 23.8 Å². The van der Waals surface area contributed by atoms with E-state index in [-0.39, 0.29) is 17.5 Å². The van der Waals surface area contributed by atoms with Gasteiger partial charge >= 0.3 is 5.69 Å². The van der Waals surface area contributed by atoms with E-state index < -0.39 is 4.92 Å². The number of piperidine rings is 1. The maximum Gasteiger partial charge on any atom is 0.353 e. The minimum absolute atomic E-state index is 0.0387. The fraction of sp³-hybridized carbons (Fsp3) is 0.692. The summed E-state index contributed by atoms with van der Waals surface area (Å²) in [6, 6.07) is 0.226. The molecule has 1 fully saturated rings. The van der Waals surface area contributed by atoms with Crippen molar-refractivity contribution in [1.29, 1.82) is 0 Å². The second-order valence-corrected chi connectivity index (χ2v) is 5.61. The zero-order valence-corrected chi connectivity index (χ0v) is 12.3. The molecule has 1 aliphatic rings. The van der Waals surface area contributed by atoms with E-state index in [0.717, 1.165) is 13.0 Å². The summed E-state index contributed by atoms with van der Waals surface area (Å²) < 4.78 is 0. The van der Waals surface area contributed by atoms with E-state index in [2.05, 4.69) is 36.1 Å². The Morgan fingerprint density at radius 3 is 2.70 bits per heavy atom. The first-order valence-electron chi connectivity index (χ1n) is 6.89. The van der Waals surface area contributed by atoms with Gasteiger partial charge in [0, 0.05) is 19.6 Å². The van der Waals surface area contributed by atoms with E-state index in [1.54, 1.807) is 7.05 Å². The Bertz CT molecular complexity index is 508. The van der Waals surface area contributed by atoms with Crippen molar-refractivity contribution in [1.82, 2.24) is 9.97 Å². The average molecular weight is 279 g/mol. The van der Waals surface area contributed by atoms with Crippen LogP contribution >= 0.6 is 0 Å². The van der Waals surface area contributed by atoms with E-state index in [9.17, 15) is 10.1 Å². The fourth-order valence-corrected chi connectivity index (χ4v) is 2.93. The van der Waals surface area contributed by atoms with Crippen LogP contribution < -0.4 is 10.2 Å². The topological polar surface area (TPSA) is 84.2 Å². The zero-order chi connectivity index (χ0) is 14.9. The molecular weight excluding hydrogens is 258 g/mol. The van der Waals surface area contributed by atoms with Crippen LogP contribution in [-0.4, -0.2) is 34.5 Å². The van der Waals surface area contributed by atoms with Crippen LogP contribution in [0.4, 0.5) is 17.3 Å². The lowest BCUT2D eigenvalue weighted by Gasteiger charge is -2.41. The maximum atomic E-state index is 11.4. The van der Waals surface area contributed by atoms with Gasteiger partial charge in [0.15, 0.2) is 0 Å². The molecule has 0 radical (unpaired) electrons. The predicted molar refractivity (Wildman–Crippen MR) is 78.0 cm³/mol. The van der Waals surface area contributed by atoms with Crippen molar-refractivity contribution in [2.45, 2.75) is 33.2 Å². The normalized spacial score (nSPS) is 26.4. The van der Waals surface area contributed by atoms with Gasteiger partial charge in [0.25, 0.3) is 0 Å². The van der Waals surface area contributed by atoms with Crippen molar-refractivity contribution in [3.8, 4) is 0 Å². The van der Waals surface area contributed by atoms with Crippen molar-refractivity contribution < 1.29 is 4.92 Å². The molecule has 1 aliphatic heterocycles. The standard InChI is InChI=1S/C13H21N5O2/c1-8-5-9(2)10(3)17(6-8)13-11(18(19)20)12(14-4)15-7-16-13/h7-10H,5-6H2,1-4H3,(H,14,15,16). The molecule has 20 heavy (non-hydrogen) atoms.